The van der Waals surface area contributed by atoms with E-state index < -0.39 is 0 Å². The minimum absolute atomic E-state index is 0.164. The molecule has 0 saturated heterocycles. The summed E-state index contributed by atoms with van der Waals surface area (Å²) < 4.78 is 0. The molecule has 1 amide bonds. The van der Waals surface area contributed by atoms with Crippen LogP contribution in [0.3, 0.4) is 0 Å². The topological polar surface area (TPSA) is 23.6 Å². The zero-order valence-corrected chi connectivity index (χ0v) is 13.1. The van der Waals surface area contributed by atoms with Crippen LogP contribution in [0.4, 0.5) is 0 Å². The van der Waals surface area contributed by atoms with Crippen molar-refractivity contribution in [3.05, 3.63) is 35.4 Å². The highest BCUT2D eigenvalue weighted by atomic mass is 16.2. The molecular formula is C17H26N2O. The number of rotatable bonds is 6. The lowest BCUT2D eigenvalue weighted by atomic mass is 9.99. The normalized spacial score (nSPS) is 16.2. The Morgan fingerprint density at radius 3 is 2.45 bits per heavy atom. The summed E-state index contributed by atoms with van der Waals surface area (Å²) in [6.07, 6.45) is 3.36. The summed E-state index contributed by atoms with van der Waals surface area (Å²) in [5, 5.41) is 0. The highest BCUT2D eigenvalue weighted by molar-refractivity contribution is 5.84. The van der Waals surface area contributed by atoms with Crippen LogP contribution in [0.25, 0.3) is 0 Å². The number of hydrogen-bond donors (Lipinski definition) is 0. The lowest BCUT2D eigenvalue weighted by molar-refractivity contribution is -0.137. The molecule has 3 heteroatoms. The number of carbonyl (C=O) groups is 1. The maximum absolute atomic E-state index is 13.0. The van der Waals surface area contributed by atoms with Gasteiger partial charge in [0.05, 0.1) is 0 Å². The van der Waals surface area contributed by atoms with Gasteiger partial charge in [-0.05, 0) is 51.4 Å². The van der Waals surface area contributed by atoms with Crippen LogP contribution >= 0.6 is 0 Å². The third-order valence-electron chi connectivity index (χ3n) is 3.97. The van der Waals surface area contributed by atoms with Crippen LogP contribution in [0, 0.1) is 6.92 Å². The maximum Gasteiger partial charge on any atom is 0.244 e. The molecule has 1 aromatic rings. The smallest absolute Gasteiger partial charge is 0.244 e. The van der Waals surface area contributed by atoms with Gasteiger partial charge in [-0.1, -0.05) is 31.2 Å². The Morgan fingerprint density at radius 2 is 1.95 bits per heavy atom. The van der Waals surface area contributed by atoms with Gasteiger partial charge in [-0.15, -0.1) is 0 Å². The Bertz CT molecular complexity index is 466. The molecule has 0 unspecified atom stereocenters. The van der Waals surface area contributed by atoms with Gasteiger partial charge >= 0.3 is 0 Å². The molecule has 0 aliphatic heterocycles. The molecule has 0 radical (unpaired) electrons. The fourth-order valence-electron chi connectivity index (χ4n) is 2.78. The standard InChI is InChI=1S/C17H26N2O/c1-5-12-19(14-10-11-14)17(20)16(18(3)4)15-9-7-6-8-13(15)2/h6-9,14,16H,5,10-12H2,1-4H3/t16-/m1/s1. The molecule has 110 valence electrons. The third-order valence-corrected chi connectivity index (χ3v) is 3.97. The van der Waals surface area contributed by atoms with Crippen molar-refractivity contribution in [3.8, 4) is 0 Å². The van der Waals surface area contributed by atoms with E-state index in [2.05, 4.69) is 30.9 Å². The van der Waals surface area contributed by atoms with Gasteiger partial charge in [0.1, 0.15) is 6.04 Å². The van der Waals surface area contributed by atoms with Crippen molar-refractivity contribution in [2.75, 3.05) is 20.6 Å². The second kappa shape index (κ2) is 6.40. The van der Waals surface area contributed by atoms with E-state index in [0.717, 1.165) is 18.5 Å². The summed E-state index contributed by atoms with van der Waals surface area (Å²) in [4.78, 5) is 17.1. The molecule has 1 saturated carbocycles. The van der Waals surface area contributed by atoms with E-state index in [0.29, 0.717) is 6.04 Å². The van der Waals surface area contributed by atoms with Crippen molar-refractivity contribution in [1.82, 2.24) is 9.80 Å². The number of nitrogens with zero attached hydrogens (tertiary/aromatic N) is 2. The van der Waals surface area contributed by atoms with E-state index in [1.807, 2.05) is 31.1 Å². The fraction of sp³-hybridized carbons (Fsp3) is 0.588. The van der Waals surface area contributed by atoms with E-state index in [1.54, 1.807) is 0 Å². The highest BCUT2D eigenvalue weighted by Crippen LogP contribution is 2.32. The van der Waals surface area contributed by atoms with Crippen molar-refractivity contribution in [3.63, 3.8) is 0 Å². The second-order valence-electron chi connectivity index (χ2n) is 5.99. The Hall–Kier alpha value is -1.35. The first-order chi connectivity index (χ1) is 9.56. The third kappa shape index (κ3) is 3.21. The summed E-state index contributed by atoms with van der Waals surface area (Å²) in [6, 6.07) is 8.53. The lowest BCUT2D eigenvalue weighted by Gasteiger charge is -2.31. The van der Waals surface area contributed by atoms with Crippen molar-refractivity contribution < 1.29 is 4.79 Å². The maximum atomic E-state index is 13.0. The van der Waals surface area contributed by atoms with Crippen LogP contribution in [0.5, 0.6) is 0 Å². The Morgan fingerprint density at radius 1 is 1.30 bits per heavy atom. The van der Waals surface area contributed by atoms with Crippen molar-refractivity contribution in [1.29, 1.82) is 0 Å². The van der Waals surface area contributed by atoms with E-state index in [9.17, 15) is 4.79 Å². The Balaban J connectivity index is 2.28. The van der Waals surface area contributed by atoms with E-state index in [4.69, 9.17) is 0 Å². The molecule has 1 aliphatic rings. The lowest BCUT2D eigenvalue weighted by Crippen LogP contribution is -2.42. The molecule has 0 heterocycles. The largest absolute Gasteiger partial charge is 0.338 e. The first-order valence-electron chi connectivity index (χ1n) is 7.58. The molecule has 1 aliphatic carbocycles. The first-order valence-corrected chi connectivity index (χ1v) is 7.58. The first kappa shape index (κ1) is 15.0. The fourth-order valence-corrected chi connectivity index (χ4v) is 2.78. The number of amides is 1. The second-order valence-corrected chi connectivity index (χ2v) is 5.99. The minimum atomic E-state index is -0.164. The molecular weight excluding hydrogens is 248 g/mol. The number of aryl methyl sites for hydroxylation is 1. The summed E-state index contributed by atoms with van der Waals surface area (Å²) in [5.41, 5.74) is 2.32. The van der Waals surface area contributed by atoms with Gasteiger partial charge < -0.3 is 4.90 Å². The molecule has 20 heavy (non-hydrogen) atoms. The van der Waals surface area contributed by atoms with E-state index >= 15 is 0 Å². The van der Waals surface area contributed by atoms with Gasteiger partial charge in [0.2, 0.25) is 5.91 Å². The molecule has 0 aromatic heterocycles. The van der Waals surface area contributed by atoms with E-state index in [1.165, 1.54) is 18.4 Å². The molecule has 3 nitrogen and oxygen atoms in total. The van der Waals surface area contributed by atoms with Crippen LogP contribution in [0.2, 0.25) is 0 Å². The Kier molecular flexibility index (Phi) is 4.81. The van der Waals surface area contributed by atoms with Crippen LogP contribution in [-0.2, 0) is 4.79 Å². The summed E-state index contributed by atoms with van der Waals surface area (Å²) in [7, 11) is 3.98. The molecule has 0 N–H and O–H groups in total. The van der Waals surface area contributed by atoms with Gasteiger partial charge in [-0.3, -0.25) is 9.69 Å². The predicted octanol–water partition coefficient (Wildman–Crippen LogP) is 3.00. The molecule has 1 fully saturated rings. The summed E-state index contributed by atoms with van der Waals surface area (Å²) in [5.74, 6) is 0.258. The van der Waals surface area contributed by atoms with Gasteiger partial charge in [0.25, 0.3) is 0 Å². The van der Waals surface area contributed by atoms with Crippen molar-refractivity contribution in [2.45, 2.75) is 45.2 Å². The summed E-state index contributed by atoms with van der Waals surface area (Å²) in [6.45, 7) is 5.10. The SMILES string of the molecule is CCCN(C(=O)[C@@H](c1ccccc1C)N(C)C)C1CC1. The highest BCUT2D eigenvalue weighted by Gasteiger charge is 2.36. The number of likely N-dealkylation sites (N-methyl/N-ethyl adjacent to an activating group) is 1. The average molecular weight is 274 g/mol. The van der Waals surface area contributed by atoms with Gasteiger partial charge in [0, 0.05) is 12.6 Å². The van der Waals surface area contributed by atoms with Crippen molar-refractivity contribution in [2.24, 2.45) is 0 Å². The number of hydrogen-bond acceptors (Lipinski definition) is 2. The zero-order chi connectivity index (χ0) is 14.7. The molecule has 2 rings (SSSR count). The van der Waals surface area contributed by atoms with E-state index in [-0.39, 0.29) is 11.9 Å². The number of benzene rings is 1. The van der Waals surface area contributed by atoms with Crippen molar-refractivity contribution >= 4 is 5.91 Å². The quantitative estimate of drug-likeness (QED) is 0.796. The van der Waals surface area contributed by atoms with Crippen LogP contribution in [0.15, 0.2) is 24.3 Å². The average Bonchev–Trinajstić information content (AvgIpc) is 3.22. The van der Waals surface area contributed by atoms with Crippen LogP contribution in [-0.4, -0.2) is 42.4 Å². The number of carbonyl (C=O) groups excluding carboxylic acids is 1. The zero-order valence-electron chi connectivity index (χ0n) is 13.1. The monoisotopic (exact) mass is 274 g/mol. The molecule has 0 spiro atoms. The summed E-state index contributed by atoms with van der Waals surface area (Å²) >= 11 is 0. The Labute approximate surface area is 122 Å². The molecule has 1 aromatic carbocycles. The molecule has 0 bridgehead atoms. The van der Waals surface area contributed by atoms with Crippen LogP contribution in [0.1, 0.15) is 43.4 Å². The molecule has 1 atom stereocenters. The van der Waals surface area contributed by atoms with Gasteiger partial charge in [-0.2, -0.15) is 0 Å². The van der Waals surface area contributed by atoms with Gasteiger partial charge in [-0.25, -0.2) is 0 Å². The van der Waals surface area contributed by atoms with Gasteiger partial charge in [0.15, 0.2) is 0 Å². The minimum Gasteiger partial charge on any atom is -0.338 e. The predicted molar refractivity (Wildman–Crippen MR) is 82.6 cm³/mol. The van der Waals surface area contributed by atoms with Crippen LogP contribution < -0.4 is 0 Å².